The Morgan fingerprint density at radius 1 is 1.33 bits per heavy atom. The first-order valence-corrected chi connectivity index (χ1v) is 4.38. The average molecular weight is 198 g/mol. The lowest BCUT2D eigenvalue weighted by Crippen LogP contribution is -1.90. The second kappa shape index (κ2) is 4.83. The van der Waals surface area contributed by atoms with Gasteiger partial charge in [0.2, 0.25) is 0 Å². The molecule has 0 atom stereocenters. The van der Waals surface area contributed by atoms with E-state index in [4.69, 9.17) is 15.3 Å². The molecule has 0 radical (unpaired) electrons. The van der Waals surface area contributed by atoms with Crippen molar-refractivity contribution < 1.29 is 4.74 Å². The van der Waals surface area contributed by atoms with Crippen molar-refractivity contribution in [3.8, 4) is 17.9 Å². The van der Waals surface area contributed by atoms with Crippen molar-refractivity contribution >= 4 is 6.08 Å². The number of para-hydroxylation sites is 1. The Morgan fingerprint density at radius 3 is 2.53 bits per heavy atom. The van der Waals surface area contributed by atoms with Gasteiger partial charge in [-0.15, -0.1) is 0 Å². The molecule has 1 aromatic carbocycles. The fraction of sp³-hybridized carbons (Fsp3) is 0.167. The van der Waals surface area contributed by atoms with Crippen molar-refractivity contribution in [1.29, 1.82) is 10.5 Å². The highest BCUT2D eigenvalue weighted by atomic mass is 16.5. The Morgan fingerprint density at radius 2 is 2.00 bits per heavy atom. The molecule has 0 spiro atoms. The Kier molecular flexibility index (Phi) is 3.49. The molecule has 0 N–H and O–H groups in total. The van der Waals surface area contributed by atoms with E-state index in [9.17, 15) is 0 Å². The maximum Gasteiger partial charge on any atom is 0.130 e. The summed E-state index contributed by atoms with van der Waals surface area (Å²) in [7, 11) is 1.57. The van der Waals surface area contributed by atoms with Gasteiger partial charge in [0, 0.05) is 5.56 Å². The number of allylic oxidation sites excluding steroid dienone is 1. The maximum atomic E-state index is 8.64. The highest BCUT2D eigenvalue weighted by Crippen LogP contribution is 2.24. The molecule has 74 valence electrons. The van der Waals surface area contributed by atoms with Crippen molar-refractivity contribution in [3.63, 3.8) is 0 Å². The SMILES string of the molecule is COc1c(C)cccc1C=C(C#N)C#N. The lowest BCUT2D eigenvalue weighted by atomic mass is 10.1. The second-order valence-electron chi connectivity index (χ2n) is 2.98. The van der Waals surface area contributed by atoms with Gasteiger partial charge in [0.15, 0.2) is 0 Å². The van der Waals surface area contributed by atoms with Crippen LogP contribution in [0.5, 0.6) is 5.75 Å². The highest BCUT2D eigenvalue weighted by molar-refractivity contribution is 5.67. The zero-order valence-corrected chi connectivity index (χ0v) is 8.61. The van der Waals surface area contributed by atoms with Crippen molar-refractivity contribution in [3.05, 3.63) is 34.9 Å². The number of hydrogen-bond donors (Lipinski definition) is 0. The van der Waals surface area contributed by atoms with Gasteiger partial charge in [0.05, 0.1) is 7.11 Å². The van der Waals surface area contributed by atoms with E-state index in [-0.39, 0.29) is 5.57 Å². The van der Waals surface area contributed by atoms with Gasteiger partial charge in [0.25, 0.3) is 0 Å². The summed E-state index contributed by atoms with van der Waals surface area (Å²) in [4.78, 5) is 0. The first-order valence-electron chi connectivity index (χ1n) is 4.38. The third-order valence-corrected chi connectivity index (χ3v) is 1.99. The van der Waals surface area contributed by atoms with Gasteiger partial charge in [-0.1, -0.05) is 18.2 Å². The number of nitrogens with zero attached hydrogens (tertiary/aromatic N) is 2. The Balaban J connectivity index is 3.29. The van der Waals surface area contributed by atoms with Crippen molar-refractivity contribution in [2.24, 2.45) is 0 Å². The molecule has 15 heavy (non-hydrogen) atoms. The van der Waals surface area contributed by atoms with Crippen LogP contribution in [0.25, 0.3) is 6.08 Å². The van der Waals surface area contributed by atoms with E-state index in [0.717, 1.165) is 11.1 Å². The van der Waals surface area contributed by atoms with Crippen LogP contribution in [0.2, 0.25) is 0 Å². The van der Waals surface area contributed by atoms with Crippen molar-refractivity contribution in [2.45, 2.75) is 6.92 Å². The van der Waals surface area contributed by atoms with E-state index < -0.39 is 0 Å². The maximum absolute atomic E-state index is 8.64. The number of aryl methyl sites for hydroxylation is 1. The quantitative estimate of drug-likeness (QED) is 0.686. The summed E-state index contributed by atoms with van der Waals surface area (Å²) < 4.78 is 5.20. The van der Waals surface area contributed by atoms with Gasteiger partial charge in [0.1, 0.15) is 23.5 Å². The predicted octanol–water partition coefficient (Wildman–Crippen LogP) is 2.43. The van der Waals surface area contributed by atoms with Crippen LogP contribution in [-0.2, 0) is 0 Å². The molecule has 0 aliphatic carbocycles. The molecule has 0 unspecified atom stereocenters. The van der Waals surface area contributed by atoms with Gasteiger partial charge < -0.3 is 4.74 Å². The molecule has 1 rings (SSSR count). The summed E-state index contributed by atoms with van der Waals surface area (Å²) in [6.45, 7) is 1.91. The molecule has 3 nitrogen and oxygen atoms in total. The summed E-state index contributed by atoms with van der Waals surface area (Å²) >= 11 is 0. The second-order valence-corrected chi connectivity index (χ2v) is 2.98. The Hall–Kier alpha value is -2.26. The highest BCUT2D eigenvalue weighted by Gasteiger charge is 2.04. The summed E-state index contributed by atoms with van der Waals surface area (Å²) in [6.07, 6.45) is 1.52. The standard InChI is InChI=1S/C12H10N2O/c1-9-4-3-5-11(12(9)15-2)6-10(7-13)8-14/h3-6H,1-2H3. The fourth-order valence-corrected chi connectivity index (χ4v) is 1.31. The summed E-state index contributed by atoms with van der Waals surface area (Å²) in [5.74, 6) is 0.695. The van der Waals surface area contributed by atoms with Crippen molar-refractivity contribution in [1.82, 2.24) is 0 Å². The van der Waals surface area contributed by atoms with Gasteiger partial charge in [-0.3, -0.25) is 0 Å². The summed E-state index contributed by atoms with van der Waals surface area (Å²) in [5.41, 5.74) is 1.79. The largest absolute Gasteiger partial charge is 0.496 e. The van der Waals surface area contributed by atoms with E-state index in [0.29, 0.717) is 5.75 Å². The molecular weight excluding hydrogens is 188 g/mol. The zero-order chi connectivity index (χ0) is 11.3. The van der Waals surface area contributed by atoms with Gasteiger partial charge in [-0.25, -0.2) is 0 Å². The molecule has 0 saturated carbocycles. The zero-order valence-electron chi connectivity index (χ0n) is 8.61. The molecule has 3 heteroatoms. The number of ether oxygens (including phenoxy) is 1. The lowest BCUT2D eigenvalue weighted by Gasteiger charge is -2.07. The first kappa shape index (κ1) is 10.8. The molecule has 0 aliphatic heterocycles. The number of nitriles is 2. The summed E-state index contributed by atoms with van der Waals surface area (Å²) in [6, 6.07) is 9.21. The third-order valence-electron chi connectivity index (χ3n) is 1.99. The predicted molar refractivity (Wildman–Crippen MR) is 56.9 cm³/mol. The molecular formula is C12H10N2O. The smallest absolute Gasteiger partial charge is 0.130 e. The molecule has 0 saturated heterocycles. The molecule has 0 fully saturated rings. The number of methoxy groups -OCH3 is 1. The molecule has 1 aromatic rings. The fourth-order valence-electron chi connectivity index (χ4n) is 1.31. The summed E-state index contributed by atoms with van der Waals surface area (Å²) in [5, 5.41) is 17.3. The number of rotatable bonds is 2. The minimum Gasteiger partial charge on any atom is -0.496 e. The van der Waals surface area contributed by atoms with Crippen LogP contribution >= 0.6 is 0 Å². The van der Waals surface area contributed by atoms with Crippen LogP contribution < -0.4 is 4.74 Å². The topological polar surface area (TPSA) is 56.8 Å². The van der Waals surface area contributed by atoms with Crippen LogP contribution in [0.4, 0.5) is 0 Å². The van der Waals surface area contributed by atoms with E-state index in [1.54, 1.807) is 13.2 Å². The minimum absolute atomic E-state index is 0.0684. The Bertz CT molecular complexity index is 459. The van der Waals surface area contributed by atoms with Gasteiger partial charge in [-0.05, 0) is 18.6 Å². The first-order chi connectivity index (χ1) is 7.22. The molecule has 0 bridgehead atoms. The third kappa shape index (κ3) is 2.36. The van der Waals surface area contributed by atoms with E-state index in [2.05, 4.69) is 0 Å². The molecule has 0 heterocycles. The lowest BCUT2D eigenvalue weighted by molar-refractivity contribution is 0.410. The monoisotopic (exact) mass is 198 g/mol. The van der Waals surface area contributed by atoms with Crippen LogP contribution in [0.1, 0.15) is 11.1 Å². The van der Waals surface area contributed by atoms with E-state index in [1.807, 2.05) is 31.2 Å². The van der Waals surface area contributed by atoms with E-state index >= 15 is 0 Å². The average Bonchev–Trinajstić information content (AvgIpc) is 2.26. The molecule has 0 aliphatic rings. The minimum atomic E-state index is 0.0684. The number of hydrogen-bond acceptors (Lipinski definition) is 3. The van der Waals surface area contributed by atoms with E-state index in [1.165, 1.54) is 6.08 Å². The van der Waals surface area contributed by atoms with Crippen LogP contribution in [0.15, 0.2) is 23.8 Å². The van der Waals surface area contributed by atoms with Gasteiger partial charge >= 0.3 is 0 Å². The number of benzene rings is 1. The van der Waals surface area contributed by atoms with Crippen LogP contribution in [0.3, 0.4) is 0 Å². The van der Waals surface area contributed by atoms with Gasteiger partial charge in [-0.2, -0.15) is 10.5 Å². The van der Waals surface area contributed by atoms with Crippen LogP contribution in [-0.4, -0.2) is 7.11 Å². The normalized spacial score (nSPS) is 8.53. The van der Waals surface area contributed by atoms with Crippen LogP contribution in [0, 0.1) is 29.6 Å². The Labute approximate surface area is 88.8 Å². The molecule has 0 amide bonds. The molecule has 0 aromatic heterocycles. The van der Waals surface area contributed by atoms with Crippen molar-refractivity contribution in [2.75, 3.05) is 7.11 Å².